The number of hydrogen-bond donors (Lipinski definition) is 0. The normalized spacial score (nSPS) is 11.2. The zero-order valence-electron chi connectivity index (χ0n) is 11.4. The highest BCUT2D eigenvalue weighted by Gasteiger charge is 2.18. The van der Waals surface area contributed by atoms with Crippen molar-refractivity contribution in [1.82, 2.24) is 0 Å². The van der Waals surface area contributed by atoms with Crippen LogP contribution >= 0.6 is 0 Å². The molecule has 0 fully saturated rings. The fourth-order valence-electron chi connectivity index (χ4n) is 1.82. The van der Waals surface area contributed by atoms with E-state index in [4.69, 9.17) is 4.74 Å². The molecule has 0 saturated carbocycles. The van der Waals surface area contributed by atoms with Gasteiger partial charge in [-0.3, -0.25) is 4.79 Å². The van der Waals surface area contributed by atoms with Crippen molar-refractivity contribution in [2.45, 2.75) is 11.5 Å². The quantitative estimate of drug-likeness (QED) is 0.787. The molecular formula is C16H16O4S. The minimum absolute atomic E-state index is 0.154. The van der Waals surface area contributed by atoms with Crippen LogP contribution in [0.4, 0.5) is 0 Å². The smallest absolute Gasteiger partial charge is 0.185 e. The van der Waals surface area contributed by atoms with E-state index in [-0.39, 0.29) is 18.1 Å². The molecule has 2 aromatic rings. The average molecular weight is 304 g/mol. The van der Waals surface area contributed by atoms with Crippen molar-refractivity contribution in [2.75, 3.05) is 12.4 Å². The Bertz CT molecular complexity index is 679. The van der Waals surface area contributed by atoms with Crippen molar-refractivity contribution < 1.29 is 17.9 Å². The van der Waals surface area contributed by atoms with E-state index < -0.39 is 21.4 Å². The minimum atomic E-state index is -3.58. The van der Waals surface area contributed by atoms with E-state index in [1.807, 2.05) is 30.3 Å². The van der Waals surface area contributed by atoms with Gasteiger partial charge in [0.25, 0.3) is 0 Å². The SMILES string of the molecule is O=C(COCc1ccccc1)CS(=O)(=O)c1ccccc1. The van der Waals surface area contributed by atoms with Crippen LogP contribution < -0.4 is 0 Å². The van der Waals surface area contributed by atoms with Gasteiger partial charge in [0.15, 0.2) is 15.6 Å². The first-order valence-electron chi connectivity index (χ1n) is 6.49. The lowest BCUT2D eigenvalue weighted by atomic mass is 10.2. The maximum absolute atomic E-state index is 12.0. The van der Waals surface area contributed by atoms with E-state index in [1.165, 1.54) is 12.1 Å². The third-order valence-electron chi connectivity index (χ3n) is 2.83. The van der Waals surface area contributed by atoms with Crippen LogP contribution in [0.15, 0.2) is 65.6 Å². The number of carbonyl (C=O) groups excluding carboxylic acids is 1. The van der Waals surface area contributed by atoms with Gasteiger partial charge in [-0.15, -0.1) is 0 Å². The summed E-state index contributed by atoms with van der Waals surface area (Å²) in [7, 11) is -3.58. The fourth-order valence-corrected chi connectivity index (χ4v) is 3.07. The summed E-state index contributed by atoms with van der Waals surface area (Å²) in [6.07, 6.45) is 0. The Balaban J connectivity index is 1.85. The third kappa shape index (κ3) is 4.81. The van der Waals surface area contributed by atoms with Crippen molar-refractivity contribution in [1.29, 1.82) is 0 Å². The van der Waals surface area contributed by atoms with Gasteiger partial charge in [-0.2, -0.15) is 0 Å². The number of ketones is 1. The second kappa shape index (κ2) is 7.15. The summed E-state index contributed by atoms with van der Waals surface area (Å²) < 4.78 is 29.2. The Kier molecular flexibility index (Phi) is 5.25. The molecule has 0 spiro atoms. The number of carbonyl (C=O) groups is 1. The molecule has 0 bridgehead atoms. The molecule has 0 aliphatic carbocycles. The first-order chi connectivity index (χ1) is 10.1. The monoisotopic (exact) mass is 304 g/mol. The van der Waals surface area contributed by atoms with Gasteiger partial charge in [-0.05, 0) is 17.7 Å². The largest absolute Gasteiger partial charge is 0.369 e. The molecule has 0 radical (unpaired) electrons. The molecule has 2 aromatic carbocycles. The zero-order valence-corrected chi connectivity index (χ0v) is 12.3. The number of benzene rings is 2. The van der Waals surface area contributed by atoms with E-state index in [0.29, 0.717) is 0 Å². The number of rotatable bonds is 7. The highest BCUT2D eigenvalue weighted by atomic mass is 32.2. The van der Waals surface area contributed by atoms with Crippen molar-refractivity contribution in [3.63, 3.8) is 0 Å². The number of Topliss-reactive ketones (excluding diaryl/α,β-unsaturated/α-hetero) is 1. The van der Waals surface area contributed by atoms with Crippen molar-refractivity contribution >= 4 is 15.6 Å². The van der Waals surface area contributed by atoms with Gasteiger partial charge in [0.05, 0.1) is 11.5 Å². The number of hydrogen-bond acceptors (Lipinski definition) is 4. The summed E-state index contributed by atoms with van der Waals surface area (Å²) in [5.41, 5.74) is 0.941. The Hall–Kier alpha value is -1.98. The molecule has 0 N–H and O–H groups in total. The van der Waals surface area contributed by atoms with Crippen LogP contribution in [0.3, 0.4) is 0 Å². The predicted molar refractivity (Wildman–Crippen MR) is 79.6 cm³/mol. The van der Waals surface area contributed by atoms with Crippen LogP contribution in [0.25, 0.3) is 0 Å². The van der Waals surface area contributed by atoms with Gasteiger partial charge in [-0.25, -0.2) is 8.42 Å². The zero-order chi connectivity index (χ0) is 15.1. The van der Waals surface area contributed by atoms with Crippen molar-refractivity contribution in [3.05, 3.63) is 66.2 Å². The molecule has 0 saturated heterocycles. The Morgan fingerprint density at radius 2 is 1.48 bits per heavy atom. The molecule has 21 heavy (non-hydrogen) atoms. The topological polar surface area (TPSA) is 60.4 Å². The van der Waals surface area contributed by atoms with Gasteiger partial charge >= 0.3 is 0 Å². The maximum Gasteiger partial charge on any atom is 0.185 e. The molecule has 0 amide bonds. The van der Waals surface area contributed by atoms with Crippen molar-refractivity contribution in [3.8, 4) is 0 Å². The summed E-state index contributed by atoms with van der Waals surface area (Å²) in [4.78, 5) is 11.9. The standard InChI is InChI=1S/C16H16O4S/c17-15(12-20-11-14-7-3-1-4-8-14)13-21(18,19)16-9-5-2-6-10-16/h1-10H,11-13H2. The van der Waals surface area contributed by atoms with Gasteiger partial charge in [0.2, 0.25) is 0 Å². The van der Waals surface area contributed by atoms with Gasteiger partial charge in [0.1, 0.15) is 12.4 Å². The number of sulfone groups is 1. The summed E-state index contributed by atoms with van der Waals surface area (Å²) >= 11 is 0. The minimum Gasteiger partial charge on any atom is -0.369 e. The van der Waals surface area contributed by atoms with Crippen LogP contribution in [-0.4, -0.2) is 26.6 Å². The van der Waals surface area contributed by atoms with E-state index in [0.717, 1.165) is 5.56 Å². The molecule has 5 heteroatoms. The Morgan fingerprint density at radius 1 is 0.905 bits per heavy atom. The molecule has 0 atom stereocenters. The first-order valence-corrected chi connectivity index (χ1v) is 8.14. The highest BCUT2D eigenvalue weighted by Crippen LogP contribution is 2.10. The molecule has 0 unspecified atom stereocenters. The van der Waals surface area contributed by atoms with E-state index in [2.05, 4.69) is 0 Å². The second-order valence-corrected chi connectivity index (χ2v) is 6.58. The van der Waals surface area contributed by atoms with E-state index in [1.54, 1.807) is 18.2 Å². The fraction of sp³-hybridized carbons (Fsp3) is 0.188. The average Bonchev–Trinajstić information content (AvgIpc) is 2.49. The van der Waals surface area contributed by atoms with Gasteiger partial charge in [-0.1, -0.05) is 48.5 Å². The molecular weight excluding hydrogens is 288 g/mol. The molecule has 0 aliphatic heterocycles. The predicted octanol–water partition coefficient (Wildman–Crippen LogP) is 2.25. The second-order valence-electron chi connectivity index (χ2n) is 4.59. The Labute approximate surface area is 124 Å². The van der Waals surface area contributed by atoms with Gasteiger partial charge in [0, 0.05) is 0 Å². The van der Waals surface area contributed by atoms with Crippen LogP contribution in [0.1, 0.15) is 5.56 Å². The van der Waals surface area contributed by atoms with Crippen LogP contribution in [0.2, 0.25) is 0 Å². The van der Waals surface area contributed by atoms with Crippen LogP contribution in [0, 0.1) is 0 Å². The van der Waals surface area contributed by atoms with Gasteiger partial charge < -0.3 is 4.74 Å². The highest BCUT2D eigenvalue weighted by molar-refractivity contribution is 7.92. The maximum atomic E-state index is 12.0. The van der Waals surface area contributed by atoms with E-state index in [9.17, 15) is 13.2 Å². The Morgan fingerprint density at radius 3 is 2.10 bits per heavy atom. The number of ether oxygens (including phenoxy) is 1. The molecule has 0 aromatic heterocycles. The summed E-state index contributed by atoms with van der Waals surface area (Å²) in [5.74, 6) is -0.985. The molecule has 0 aliphatic rings. The lowest BCUT2D eigenvalue weighted by Crippen LogP contribution is -2.20. The lowest BCUT2D eigenvalue weighted by Gasteiger charge is -2.05. The molecule has 4 nitrogen and oxygen atoms in total. The summed E-state index contributed by atoms with van der Waals surface area (Å²) in [5, 5.41) is 0. The third-order valence-corrected chi connectivity index (χ3v) is 4.52. The van der Waals surface area contributed by atoms with Crippen molar-refractivity contribution in [2.24, 2.45) is 0 Å². The summed E-state index contributed by atoms with van der Waals surface area (Å²) in [6, 6.07) is 17.3. The van der Waals surface area contributed by atoms with E-state index >= 15 is 0 Å². The summed E-state index contributed by atoms with van der Waals surface area (Å²) in [6.45, 7) is 0.0823. The lowest BCUT2D eigenvalue weighted by molar-refractivity contribution is -0.121. The molecule has 2 rings (SSSR count). The van der Waals surface area contributed by atoms with Crippen LogP contribution in [-0.2, 0) is 26.0 Å². The van der Waals surface area contributed by atoms with Crippen LogP contribution in [0.5, 0.6) is 0 Å². The molecule has 0 heterocycles. The molecule has 110 valence electrons. The first kappa shape index (κ1) is 15.4.